The number of para-hydroxylation sites is 1. The molecule has 2 N–H and O–H groups in total. The second-order valence-electron chi connectivity index (χ2n) is 5.84. The Morgan fingerprint density at radius 1 is 0.885 bits per heavy atom. The lowest BCUT2D eigenvalue weighted by Gasteiger charge is -2.11. The summed E-state index contributed by atoms with van der Waals surface area (Å²) in [5.41, 5.74) is 2.18. The molecule has 0 aliphatic carbocycles. The Morgan fingerprint density at radius 3 is 2.42 bits per heavy atom. The van der Waals surface area contributed by atoms with Gasteiger partial charge in [-0.25, -0.2) is 0 Å². The summed E-state index contributed by atoms with van der Waals surface area (Å²) in [4.78, 5) is 25.7. The van der Waals surface area contributed by atoms with Gasteiger partial charge in [0.05, 0.1) is 17.7 Å². The summed E-state index contributed by atoms with van der Waals surface area (Å²) >= 11 is 1.54. The van der Waals surface area contributed by atoms with Crippen LogP contribution >= 0.6 is 11.3 Å². The van der Waals surface area contributed by atoms with Gasteiger partial charge in [-0.1, -0.05) is 48.5 Å². The molecule has 2 amide bonds. The monoisotopic (exact) mass is 364 g/mol. The minimum absolute atomic E-state index is 0.128. The summed E-state index contributed by atoms with van der Waals surface area (Å²) in [5, 5.41) is 7.70. The van der Waals surface area contributed by atoms with E-state index in [1.165, 1.54) is 5.56 Å². The number of rotatable bonds is 7. The van der Waals surface area contributed by atoms with Gasteiger partial charge < -0.3 is 10.6 Å². The fourth-order valence-corrected chi connectivity index (χ4v) is 3.32. The summed E-state index contributed by atoms with van der Waals surface area (Å²) < 4.78 is 0. The number of thiophene rings is 1. The molecule has 0 atom stereocenters. The molecular formula is C21H20N2O2S. The first kappa shape index (κ1) is 17.9. The molecule has 0 fully saturated rings. The Bertz CT molecular complexity index is 861. The molecule has 0 bridgehead atoms. The number of anilines is 1. The van der Waals surface area contributed by atoms with Crippen molar-refractivity contribution in [2.75, 3.05) is 11.9 Å². The summed E-state index contributed by atoms with van der Waals surface area (Å²) in [7, 11) is 0. The molecule has 1 heterocycles. The molecule has 5 heteroatoms. The first-order valence-corrected chi connectivity index (χ1v) is 9.34. The third-order valence-corrected chi connectivity index (χ3v) is 4.78. The van der Waals surface area contributed by atoms with Crippen LogP contribution < -0.4 is 10.6 Å². The maximum atomic E-state index is 12.5. The fraction of sp³-hybridized carbons (Fsp3) is 0.143. The Hall–Kier alpha value is -2.92. The van der Waals surface area contributed by atoms with Crippen LogP contribution in [-0.4, -0.2) is 18.4 Å². The highest BCUT2D eigenvalue weighted by molar-refractivity contribution is 7.10. The number of carbonyl (C=O) groups is 2. The minimum Gasteiger partial charge on any atom is -0.352 e. The molecule has 4 nitrogen and oxygen atoms in total. The van der Waals surface area contributed by atoms with E-state index in [4.69, 9.17) is 0 Å². The van der Waals surface area contributed by atoms with Crippen molar-refractivity contribution in [3.05, 3.63) is 88.1 Å². The van der Waals surface area contributed by atoms with Gasteiger partial charge in [-0.3, -0.25) is 9.59 Å². The Morgan fingerprint density at radius 2 is 1.65 bits per heavy atom. The number of nitrogens with one attached hydrogen (secondary N) is 2. The highest BCUT2D eigenvalue weighted by Gasteiger charge is 2.13. The number of benzene rings is 2. The predicted octanol–water partition coefficient (Wildman–Crippen LogP) is 3.90. The molecule has 0 radical (unpaired) electrons. The molecule has 0 aliphatic heterocycles. The molecule has 26 heavy (non-hydrogen) atoms. The summed E-state index contributed by atoms with van der Waals surface area (Å²) in [6.45, 7) is 0.542. The van der Waals surface area contributed by atoms with Gasteiger partial charge in [0.2, 0.25) is 5.91 Å². The van der Waals surface area contributed by atoms with Gasteiger partial charge in [0.25, 0.3) is 5.91 Å². The number of amides is 2. The van der Waals surface area contributed by atoms with Crippen LogP contribution in [0, 0.1) is 0 Å². The third-order valence-electron chi connectivity index (χ3n) is 3.90. The smallest absolute Gasteiger partial charge is 0.253 e. The molecule has 132 valence electrons. The van der Waals surface area contributed by atoms with E-state index in [9.17, 15) is 9.59 Å². The van der Waals surface area contributed by atoms with Crippen LogP contribution in [0.3, 0.4) is 0 Å². The SMILES string of the molecule is O=C(Cc1cccs1)Nc1ccccc1C(=O)NCCc1ccccc1. The number of hydrogen-bond donors (Lipinski definition) is 2. The van der Waals surface area contributed by atoms with Gasteiger partial charge >= 0.3 is 0 Å². The predicted molar refractivity (Wildman–Crippen MR) is 106 cm³/mol. The highest BCUT2D eigenvalue weighted by Crippen LogP contribution is 2.16. The minimum atomic E-state index is -0.187. The maximum Gasteiger partial charge on any atom is 0.253 e. The third kappa shape index (κ3) is 5.04. The molecule has 3 rings (SSSR count). The molecule has 0 saturated heterocycles. The highest BCUT2D eigenvalue weighted by atomic mass is 32.1. The van der Waals surface area contributed by atoms with Crippen molar-refractivity contribution in [3.8, 4) is 0 Å². The fourth-order valence-electron chi connectivity index (χ4n) is 2.62. The van der Waals surface area contributed by atoms with Crippen LogP contribution in [0.5, 0.6) is 0 Å². The van der Waals surface area contributed by atoms with Crippen LogP contribution in [0.25, 0.3) is 0 Å². The quantitative estimate of drug-likeness (QED) is 0.668. The van der Waals surface area contributed by atoms with E-state index in [0.29, 0.717) is 24.2 Å². The Kier molecular flexibility index (Phi) is 6.17. The van der Waals surface area contributed by atoms with Crippen molar-refractivity contribution >= 4 is 28.8 Å². The molecule has 1 aromatic heterocycles. The molecule has 0 saturated carbocycles. The second kappa shape index (κ2) is 8.97. The summed E-state index contributed by atoms with van der Waals surface area (Å²) in [5.74, 6) is -0.315. The zero-order valence-corrected chi connectivity index (χ0v) is 15.1. The largest absolute Gasteiger partial charge is 0.352 e. The van der Waals surface area contributed by atoms with Crippen LogP contribution in [-0.2, 0) is 17.6 Å². The number of hydrogen-bond acceptors (Lipinski definition) is 3. The van der Waals surface area contributed by atoms with Crippen molar-refractivity contribution in [3.63, 3.8) is 0 Å². The lowest BCUT2D eigenvalue weighted by atomic mass is 10.1. The van der Waals surface area contributed by atoms with Gasteiger partial charge in [0.1, 0.15) is 0 Å². The van der Waals surface area contributed by atoms with E-state index >= 15 is 0 Å². The standard InChI is InChI=1S/C21H20N2O2S/c24-20(15-17-9-6-14-26-17)23-19-11-5-4-10-18(19)21(25)22-13-12-16-7-2-1-3-8-16/h1-11,14H,12-13,15H2,(H,22,25)(H,23,24). The van der Waals surface area contributed by atoms with Gasteiger partial charge in [-0.05, 0) is 35.6 Å². The zero-order chi connectivity index (χ0) is 18.2. The molecule has 2 aromatic carbocycles. The van der Waals surface area contributed by atoms with Crippen molar-refractivity contribution in [1.82, 2.24) is 5.32 Å². The molecule has 3 aromatic rings. The average molecular weight is 364 g/mol. The van der Waals surface area contributed by atoms with Crippen molar-refractivity contribution < 1.29 is 9.59 Å². The van der Waals surface area contributed by atoms with Crippen molar-refractivity contribution in [2.45, 2.75) is 12.8 Å². The van der Waals surface area contributed by atoms with Gasteiger partial charge in [0.15, 0.2) is 0 Å². The lowest BCUT2D eigenvalue weighted by molar-refractivity contribution is -0.115. The first-order chi connectivity index (χ1) is 12.7. The van der Waals surface area contributed by atoms with E-state index < -0.39 is 0 Å². The summed E-state index contributed by atoms with van der Waals surface area (Å²) in [6, 6.07) is 20.9. The zero-order valence-electron chi connectivity index (χ0n) is 14.3. The summed E-state index contributed by atoms with van der Waals surface area (Å²) in [6.07, 6.45) is 1.07. The lowest BCUT2D eigenvalue weighted by Crippen LogP contribution is -2.27. The normalized spacial score (nSPS) is 10.3. The van der Waals surface area contributed by atoms with Crippen LogP contribution in [0.4, 0.5) is 5.69 Å². The number of carbonyl (C=O) groups excluding carboxylic acids is 2. The van der Waals surface area contributed by atoms with Gasteiger partial charge in [-0.15, -0.1) is 11.3 Å². The van der Waals surface area contributed by atoms with E-state index in [1.54, 1.807) is 29.5 Å². The molecule has 0 aliphatic rings. The van der Waals surface area contributed by atoms with Crippen molar-refractivity contribution in [1.29, 1.82) is 0 Å². The van der Waals surface area contributed by atoms with Crippen LogP contribution in [0.1, 0.15) is 20.8 Å². The van der Waals surface area contributed by atoms with Crippen molar-refractivity contribution in [2.24, 2.45) is 0 Å². The topological polar surface area (TPSA) is 58.2 Å². The molecule has 0 unspecified atom stereocenters. The van der Waals surface area contributed by atoms with E-state index in [1.807, 2.05) is 53.9 Å². The second-order valence-corrected chi connectivity index (χ2v) is 6.87. The average Bonchev–Trinajstić information content (AvgIpc) is 3.16. The maximum absolute atomic E-state index is 12.5. The van der Waals surface area contributed by atoms with Crippen LogP contribution in [0.15, 0.2) is 72.1 Å². The molecular weight excluding hydrogens is 344 g/mol. The van der Waals surface area contributed by atoms with Gasteiger partial charge in [0, 0.05) is 11.4 Å². The van der Waals surface area contributed by atoms with Gasteiger partial charge in [-0.2, -0.15) is 0 Å². The first-order valence-electron chi connectivity index (χ1n) is 8.46. The van der Waals surface area contributed by atoms with E-state index in [-0.39, 0.29) is 11.8 Å². The Labute approximate surface area is 156 Å². The van der Waals surface area contributed by atoms with E-state index in [0.717, 1.165) is 11.3 Å². The van der Waals surface area contributed by atoms with E-state index in [2.05, 4.69) is 10.6 Å². The Balaban J connectivity index is 1.58. The van der Waals surface area contributed by atoms with Crippen LogP contribution in [0.2, 0.25) is 0 Å². The molecule has 0 spiro atoms.